The predicted octanol–water partition coefficient (Wildman–Crippen LogP) is 1.70. The Hall–Kier alpha value is -1.97. The second kappa shape index (κ2) is 4.70. The van der Waals surface area contributed by atoms with Crippen LogP contribution < -0.4 is 5.62 Å². The number of aromatic nitrogens is 2. The molecule has 1 rings (SSSR count). The molecule has 0 fully saturated rings. The van der Waals surface area contributed by atoms with E-state index in [1.165, 1.54) is 6.92 Å². The smallest absolute Gasteiger partial charge is 0.230 e. The molecule has 0 radical (unpaired) electrons. The zero-order valence-corrected chi connectivity index (χ0v) is 9.82. The molecule has 0 spiro atoms. The summed E-state index contributed by atoms with van der Waals surface area (Å²) in [6, 6.07) is 1.69. The van der Waals surface area contributed by atoms with Crippen LogP contribution in [0.2, 0.25) is 0 Å². The van der Waals surface area contributed by atoms with Gasteiger partial charge in [-0.15, -0.1) is 0 Å². The third-order valence-corrected chi connectivity index (χ3v) is 2.04. The lowest BCUT2D eigenvalue weighted by Crippen LogP contribution is -2.27. The minimum absolute atomic E-state index is 0.0360. The highest BCUT2D eigenvalue weighted by Crippen LogP contribution is 2.01. The molecular formula is C12H15N3O. The Kier molecular flexibility index (Phi) is 3.55. The monoisotopic (exact) mass is 217 g/mol. The first kappa shape index (κ1) is 12.1. The summed E-state index contributed by atoms with van der Waals surface area (Å²) in [4.78, 5) is 19.8. The van der Waals surface area contributed by atoms with Gasteiger partial charge in [-0.1, -0.05) is 13.2 Å². The van der Waals surface area contributed by atoms with Crippen LogP contribution in [0.25, 0.3) is 6.08 Å². The molecule has 0 saturated heterocycles. The molecule has 0 aliphatic rings. The van der Waals surface area contributed by atoms with E-state index in [0.717, 1.165) is 0 Å². The summed E-state index contributed by atoms with van der Waals surface area (Å²) in [5.74, 6) is -0.0360. The molecule has 84 valence electrons. The zero-order valence-electron chi connectivity index (χ0n) is 9.82. The molecule has 4 nitrogen and oxygen atoms in total. The number of nitrogens with zero attached hydrogens (tertiary/aromatic N) is 3. The predicted molar refractivity (Wildman–Crippen MR) is 63.7 cm³/mol. The topological polar surface area (TPSA) is 47.2 Å². The zero-order chi connectivity index (χ0) is 12.3. The van der Waals surface area contributed by atoms with Crippen LogP contribution >= 0.6 is 0 Å². The van der Waals surface area contributed by atoms with E-state index in [2.05, 4.69) is 23.1 Å². The number of rotatable bonds is 3. The molecule has 0 aromatic carbocycles. The largest absolute Gasteiger partial charge is 0.310 e. The summed E-state index contributed by atoms with van der Waals surface area (Å²) in [5.41, 5.74) is 2.27. The lowest BCUT2D eigenvalue weighted by Gasteiger charge is -2.07. The van der Waals surface area contributed by atoms with Crippen LogP contribution in [0.4, 0.5) is 0 Å². The summed E-state index contributed by atoms with van der Waals surface area (Å²) >= 11 is 0. The third kappa shape index (κ3) is 2.53. The normalized spacial score (nSPS) is 11.3. The molecule has 1 aromatic heterocycles. The van der Waals surface area contributed by atoms with E-state index < -0.39 is 0 Å². The third-order valence-electron chi connectivity index (χ3n) is 2.04. The van der Waals surface area contributed by atoms with Crippen molar-refractivity contribution in [3.05, 3.63) is 41.9 Å². The standard InChI is InChI=1S/C12H15N3O/c1-6-10-7-11(9(4)16)15(5)12(14-10)13-8(2)3/h6-7H,1-2H2,3-5H3. The Morgan fingerprint density at radius 2 is 2.19 bits per heavy atom. The van der Waals surface area contributed by atoms with Gasteiger partial charge in [0.25, 0.3) is 0 Å². The van der Waals surface area contributed by atoms with Crippen molar-refractivity contribution in [3.63, 3.8) is 0 Å². The lowest BCUT2D eigenvalue weighted by molar-refractivity contribution is 0.100. The van der Waals surface area contributed by atoms with Gasteiger partial charge < -0.3 is 4.57 Å². The van der Waals surface area contributed by atoms with Gasteiger partial charge >= 0.3 is 0 Å². The fourth-order valence-electron chi connectivity index (χ4n) is 1.28. The molecule has 0 saturated carbocycles. The maximum absolute atomic E-state index is 11.4. The van der Waals surface area contributed by atoms with E-state index >= 15 is 0 Å². The summed E-state index contributed by atoms with van der Waals surface area (Å²) in [5, 5.41) is 0. The van der Waals surface area contributed by atoms with Crippen LogP contribution in [-0.4, -0.2) is 15.3 Å². The van der Waals surface area contributed by atoms with Gasteiger partial charge in [-0.2, -0.15) is 0 Å². The highest BCUT2D eigenvalue weighted by Gasteiger charge is 2.06. The fourth-order valence-corrected chi connectivity index (χ4v) is 1.28. The molecule has 0 atom stereocenters. The SMILES string of the molecule is C=Cc1cc(C(C)=O)n(C)c(=NC(=C)C)n1. The van der Waals surface area contributed by atoms with Crippen molar-refractivity contribution in [2.75, 3.05) is 0 Å². The van der Waals surface area contributed by atoms with E-state index in [0.29, 0.717) is 22.7 Å². The first-order valence-electron chi connectivity index (χ1n) is 4.87. The quantitative estimate of drug-likeness (QED) is 0.723. The van der Waals surface area contributed by atoms with Gasteiger partial charge in [-0.25, -0.2) is 9.98 Å². The van der Waals surface area contributed by atoms with Crippen LogP contribution in [0.3, 0.4) is 0 Å². The molecule has 0 bridgehead atoms. The number of Topliss-reactive ketones (excluding diaryl/α,β-unsaturated/α-hetero) is 1. The Labute approximate surface area is 94.7 Å². The van der Waals surface area contributed by atoms with Crippen LogP contribution in [-0.2, 0) is 7.05 Å². The van der Waals surface area contributed by atoms with E-state index in [-0.39, 0.29) is 5.78 Å². The molecule has 4 heteroatoms. The van der Waals surface area contributed by atoms with Gasteiger partial charge in [0, 0.05) is 19.7 Å². The molecule has 1 aromatic rings. The lowest BCUT2D eigenvalue weighted by atomic mass is 10.2. The minimum Gasteiger partial charge on any atom is -0.310 e. The van der Waals surface area contributed by atoms with Gasteiger partial charge in [0.15, 0.2) is 5.78 Å². The number of carbonyl (C=O) groups is 1. The van der Waals surface area contributed by atoms with Crippen molar-refractivity contribution in [1.82, 2.24) is 9.55 Å². The number of carbonyl (C=O) groups excluding carboxylic acids is 1. The number of allylic oxidation sites excluding steroid dienone is 1. The Morgan fingerprint density at radius 1 is 1.56 bits per heavy atom. The maximum Gasteiger partial charge on any atom is 0.230 e. The molecular weight excluding hydrogens is 202 g/mol. The molecule has 0 N–H and O–H groups in total. The van der Waals surface area contributed by atoms with Crippen molar-refractivity contribution in [3.8, 4) is 0 Å². The van der Waals surface area contributed by atoms with Gasteiger partial charge in [0.05, 0.1) is 11.4 Å². The summed E-state index contributed by atoms with van der Waals surface area (Å²) in [7, 11) is 1.75. The summed E-state index contributed by atoms with van der Waals surface area (Å²) < 4.78 is 1.64. The molecule has 0 amide bonds. The molecule has 0 unspecified atom stereocenters. The van der Waals surface area contributed by atoms with Crippen molar-refractivity contribution < 1.29 is 4.79 Å². The number of hydrogen-bond donors (Lipinski definition) is 0. The van der Waals surface area contributed by atoms with E-state index in [1.54, 1.807) is 30.7 Å². The average Bonchev–Trinajstić information content (AvgIpc) is 2.19. The van der Waals surface area contributed by atoms with Crippen molar-refractivity contribution in [2.45, 2.75) is 13.8 Å². The summed E-state index contributed by atoms with van der Waals surface area (Å²) in [6.07, 6.45) is 1.59. The fraction of sp³-hybridized carbons (Fsp3) is 0.250. The number of ketones is 1. The highest BCUT2D eigenvalue weighted by atomic mass is 16.1. The van der Waals surface area contributed by atoms with Crippen molar-refractivity contribution in [1.29, 1.82) is 0 Å². The highest BCUT2D eigenvalue weighted by molar-refractivity contribution is 5.92. The Bertz CT molecular complexity index is 524. The van der Waals surface area contributed by atoms with Crippen molar-refractivity contribution >= 4 is 11.9 Å². The average molecular weight is 217 g/mol. The van der Waals surface area contributed by atoms with Crippen LogP contribution in [0.1, 0.15) is 30.0 Å². The second-order valence-electron chi connectivity index (χ2n) is 3.53. The van der Waals surface area contributed by atoms with E-state index in [9.17, 15) is 4.79 Å². The second-order valence-corrected chi connectivity index (χ2v) is 3.53. The molecule has 16 heavy (non-hydrogen) atoms. The maximum atomic E-state index is 11.4. The summed E-state index contributed by atoms with van der Waals surface area (Å²) in [6.45, 7) is 10.6. The minimum atomic E-state index is -0.0360. The van der Waals surface area contributed by atoms with E-state index in [4.69, 9.17) is 0 Å². The first-order chi connectivity index (χ1) is 7.45. The Balaban J connectivity index is 3.62. The van der Waals surface area contributed by atoms with Crippen LogP contribution in [0.5, 0.6) is 0 Å². The Morgan fingerprint density at radius 3 is 2.62 bits per heavy atom. The molecule has 0 aliphatic heterocycles. The van der Waals surface area contributed by atoms with Gasteiger partial charge in [-0.05, 0) is 19.1 Å². The van der Waals surface area contributed by atoms with Crippen LogP contribution in [0, 0.1) is 0 Å². The molecule has 1 heterocycles. The van der Waals surface area contributed by atoms with E-state index in [1.807, 2.05) is 0 Å². The first-order valence-corrected chi connectivity index (χ1v) is 4.87. The number of hydrogen-bond acceptors (Lipinski definition) is 3. The van der Waals surface area contributed by atoms with Gasteiger partial charge in [0.2, 0.25) is 5.62 Å². The van der Waals surface area contributed by atoms with Crippen molar-refractivity contribution in [2.24, 2.45) is 12.0 Å². The van der Waals surface area contributed by atoms with Gasteiger partial charge in [-0.3, -0.25) is 4.79 Å². The molecule has 0 aliphatic carbocycles. The van der Waals surface area contributed by atoms with Crippen LogP contribution in [0.15, 0.2) is 29.9 Å². The van der Waals surface area contributed by atoms with Gasteiger partial charge in [0.1, 0.15) is 0 Å².